The topological polar surface area (TPSA) is 151 Å². The predicted molar refractivity (Wildman–Crippen MR) is 143 cm³/mol. The molecule has 204 valence electrons. The lowest BCUT2D eigenvalue weighted by atomic mass is 10.0. The van der Waals surface area contributed by atoms with Gasteiger partial charge in [-0.1, -0.05) is 0 Å². The van der Waals surface area contributed by atoms with Crippen molar-refractivity contribution >= 4 is 16.9 Å². The van der Waals surface area contributed by atoms with E-state index in [4.69, 9.17) is 5.26 Å². The molecule has 0 bridgehead atoms. The van der Waals surface area contributed by atoms with Crippen LogP contribution in [0.4, 0.5) is 4.39 Å². The number of hydrogen-bond acceptors (Lipinski definition) is 8. The number of carbonyl (C=O) groups is 1. The van der Waals surface area contributed by atoms with Gasteiger partial charge in [0.25, 0.3) is 5.91 Å². The molecule has 0 radical (unpaired) electrons. The first-order valence-electron chi connectivity index (χ1n) is 13.1. The highest BCUT2D eigenvalue weighted by Crippen LogP contribution is 2.27. The highest BCUT2D eigenvalue weighted by atomic mass is 19.1. The number of aliphatic hydroxyl groups is 1. The molecule has 12 heteroatoms. The predicted octanol–water partition coefficient (Wildman–Crippen LogP) is 2.89. The Kier molecular flexibility index (Phi) is 8.10. The second-order valence-electron chi connectivity index (χ2n) is 9.77. The molecule has 2 atom stereocenters. The quantitative estimate of drug-likeness (QED) is 0.328. The van der Waals surface area contributed by atoms with Gasteiger partial charge in [0.1, 0.15) is 17.8 Å². The lowest BCUT2D eigenvalue weighted by Gasteiger charge is -2.42. The van der Waals surface area contributed by atoms with Crippen LogP contribution in [0.2, 0.25) is 0 Å². The minimum absolute atomic E-state index is 0.0195. The lowest BCUT2D eigenvalue weighted by Crippen LogP contribution is -2.56. The maximum atomic E-state index is 14.6. The molecule has 1 saturated heterocycles. The Balaban J connectivity index is 1.32. The third kappa shape index (κ3) is 5.54. The molecule has 2 unspecified atom stereocenters. The van der Waals surface area contributed by atoms with Gasteiger partial charge >= 0.3 is 0 Å². The van der Waals surface area contributed by atoms with Crippen molar-refractivity contribution in [2.24, 2.45) is 0 Å². The summed E-state index contributed by atoms with van der Waals surface area (Å²) < 4.78 is 16.4. The second kappa shape index (κ2) is 12.0. The van der Waals surface area contributed by atoms with Crippen molar-refractivity contribution < 1.29 is 14.3 Å². The fourth-order valence-electron chi connectivity index (χ4n) is 5.25. The molecule has 1 aliphatic heterocycles. The highest BCUT2D eigenvalue weighted by molar-refractivity contribution is 5.95. The number of amides is 1. The van der Waals surface area contributed by atoms with E-state index < -0.39 is 11.7 Å². The molecular weight excluding hydrogens is 513 g/mol. The number of piperazine rings is 1. The number of nitriles is 2. The fourth-order valence-corrected chi connectivity index (χ4v) is 5.25. The molecule has 1 amide bonds. The SMILES string of the molecule is N#CCC(CN1CCN(C(=O)c2ccc(C#N)cc2F)C(CCCO)C1)n1cc(-c2ncnc3[nH]ccc23)cn1. The zero-order valence-electron chi connectivity index (χ0n) is 21.7. The summed E-state index contributed by atoms with van der Waals surface area (Å²) in [5, 5.41) is 33.5. The minimum atomic E-state index is -0.725. The molecule has 1 fully saturated rings. The van der Waals surface area contributed by atoms with E-state index in [1.807, 2.05) is 18.3 Å². The van der Waals surface area contributed by atoms with Crippen molar-refractivity contribution in [1.29, 1.82) is 10.5 Å². The van der Waals surface area contributed by atoms with Gasteiger partial charge in [-0.3, -0.25) is 14.4 Å². The fraction of sp³-hybridized carbons (Fsp3) is 0.357. The number of fused-ring (bicyclic) bond motifs is 1. The Labute approximate surface area is 230 Å². The largest absolute Gasteiger partial charge is 0.396 e. The average Bonchev–Trinajstić information content (AvgIpc) is 3.66. The summed E-state index contributed by atoms with van der Waals surface area (Å²) in [4.78, 5) is 28.9. The number of nitrogens with one attached hydrogen (secondary N) is 1. The van der Waals surface area contributed by atoms with Crippen molar-refractivity contribution in [1.82, 2.24) is 34.5 Å². The number of aliphatic hydroxyl groups excluding tert-OH is 1. The van der Waals surface area contributed by atoms with Crippen molar-refractivity contribution in [3.8, 4) is 23.4 Å². The summed E-state index contributed by atoms with van der Waals surface area (Å²) in [7, 11) is 0. The van der Waals surface area contributed by atoms with Crippen molar-refractivity contribution in [3.05, 3.63) is 66.1 Å². The van der Waals surface area contributed by atoms with Crippen molar-refractivity contribution in [3.63, 3.8) is 0 Å². The van der Waals surface area contributed by atoms with Gasteiger partial charge in [0.05, 0.1) is 47.6 Å². The van der Waals surface area contributed by atoms with Crippen molar-refractivity contribution in [2.45, 2.75) is 31.3 Å². The van der Waals surface area contributed by atoms with E-state index in [0.29, 0.717) is 39.0 Å². The standard InChI is InChI=1S/C28H28FN9O2/c29-25-12-19(13-31)3-4-23(25)28(40)37-10-9-36(16-21(37)2-1-11-39)17-22(5-7-30)38-15-20(14-35-38)26-24-6-8-32-27(24)34-18-33-26/h3-4,6,8,12,14-15,18,21-22,39H,1-2,5,9-11,16-17H2,(H,32,33,34). The van der Waals surface area contributed by atoms with Crippen LogP contribution in [-0.4, -0.2) is 84.4 Å². The average molecular weight is 542 g/mol. The monoisotopic (exact) mass is 541 g/mol. The molecule has 4 aromatic rings. The molecule has 5 rings (SSSR count). The normalized spacial score (nSPS) is 16.5. The molecule has 0 aliphatic carbocycles. The number of carbonyl (C=O) groups excluding carboxylic acids is 1. The van der Waals surface area contributed by atoms with Gasteiger partial charge in [-0.15, -0.1) is 0 Å². The number of nitrogens with zero attached hydrogens (tertiary/aromatic N) is 8. The summed E-state index contributed by atoms with van der Waals surface area (Å²) in [6, 6.07) is 9.41. The Morgan fingerprint density at radius 2 is 2.12 bits per heavy atom. The van der Waals surface area contributed by atoms with Crippen LogP contribution in [0, 0.1) is 28.5 Å². The third-order valence-electron chi connectivity index (χ3n) is 7.25. The van der Waals surface area contributed by atoms with Crippen molar-refractivity contribution in [2.75, 3.05) is 32.8 Å². The van der Waals surface area contributed by atoms with Crippen LogP contribution in [0.5, 0.6) is 0 Å². The number of rotatable bonds is 9. The highest BCUT2D eigenvalue weighted by Gasteiger charge is 2.33. The first kappa shape index (κ1) is 26.9. The van der Waals surface area contributed by atoms with Gasteiger partial charge in [-0.25, -0.2) is 14.4 Å². The van der Waals surface area contributed by atoms with Gasteiger partial charge < -0.3 is 15.0 Å². The first-order chi connectivity index (χ1) is 19.5. The second-order valence-corrected chi connectivity index (χ2v) is 9.77. The molecule has 0 spiro atoms. The Hall–Kier alpha value is -4.65. The Bertz CT molecular complexity index is 1580. The van der Waals surface area contributed by atoms with Crippen LogP contribution in [0.1, 0.15) is 41.2 Å². The molecule has 11 nitrogen and oxygen atoms in total. The maximum absolute atomic E-state index is 14.6. The Morgan fingerprint density at radius 3 is 2.90 bits per heavy atom. The summed E-state index contributed by atoms with van der Waals surface area (Å²) in [5.74, 6) is -1.16. The van der Waals surface area contributed by atoms with E-state index in [0.717, 1.165) is 28.4 Å². The molecule has 1 aromatic carbocycles. The minimum Gasteiger partial charge on any atom is -0.396 e. The summed E-state index contributed by atoms with van der Waals surface area (Å²) in [6.45, 7) is 1.92. The number of H-pyrrole nitrogens is 1. The number of aromatic amines is 1. The van der Waals surface area contributed by atoms with Crippen LogP contribution in [0.15, 0.2) is 49.2 Å². The van der Waals surface area contributed by atoms with Crippen LogP contribution in [0.25, 0.3) is 22.3 Å². The smallest absolute Gasteiger partial charge is 0.257 e. The van der Waals surface area contributed by atoms with E-state index in [1.54, 1.807) is 22.0 Å². The number of halogens is 1. The molecule has 2 N–H and O–H groups in total. The van der Waals surface area contributed by atoms with Gasteiger partial charge in [-0.2, -0.15) is 15.6 Å². The number of benzene rings is 1. The van der Waals surface area contributed by atoms with Gasteiger partial charge in [0, 0.05) is 62.2 Å². The molecule has 3 aromatic heterocycles. The van der Waals surface area contributed by atoms with E-state index in [1.165, 1.54) is 18.5 Å². The zero-order chi connectivity index (χ0) is 28.1. The van der Waals surface area contributed by atoms with Crippen LogP contribution in [-0.2, 0) is 0 Å². The van der Waals surface area contributed by atoms with Crippen LogP contribution in [0.3, 0.4) is 0 Å². The summed E-state index contributed by atoms with van der Waals surface area (Å²) >= 11 is 0. The van der Waals surface area contributed by atoms with Crippen LogP contribution < -0.4 is 0 Å². The van der Waals surface area contributed by atoms with Gasteiger partial charge in [0.15, 0.2) is 0 Å². The maximum Gasteiger partial charge on any atom is 0.257 e. The van der Waals surface area contributed by atoms with E-state index in [-0.39, 0.29) is 36.2 Å². The molecular formula is C28H28FN9O2. The molecule has 1 aliphatic rings. The Morgan fingerprint density at radius 1 is 1.25 bits per heavy atom. The van der Waals surface area contributed by atoms with Gasteiger partial charge in [0.2, 0.25) is 0 Å². The van der Waals surface area contributed by atoms with E-state index in [2.05, 4.69) is 31.0 Å². The van der Waals surface area contributed by atoms with Crippen LogP contribution >= 0.6 is 0 Å². The number of aromatic nitrogens is 5. The summed E-state index contributed by atoms with van der Waals surface area (Å²) in [6.07, 6.45) is 8.19. The third-order valence-corrected chi connectivity index (χ3v) is 7.25. The first-order valence-corrected chi connectivity index (χ1v) is 13.1. The van der Waals surface area contributed by atoms with Gasteiger partial charge in [-0.05, 0) is 37.1 Å². The zero-order valence-corrected chi connectivity index (χ0v) is 21.7. The molecule has 0 saturated carbocycles. The summed E-state index contributed by atoms with van der Waals surface area (Å²) in [5.41, 5.74) is 2.37. The lowest BCUT2D eigenvalue weighted by molar-refractivity contribution is 0.0384. The number of hydrogen-bond donors (Lipinski definition) is 2. The molecule has 4 heterocycles. The van der Waals surface area contributed by atoms with E-state index in [9.17, 15) is 19.6 Å². The van der Waals surface area contributed by atoms with E-state index >= 15 is 0 Å². The molecule has 40 heavy (non-hydrogen) atoms.